The van der Waals surface area contributed by atoms with Crippen LogP contribution in [-0.4, -0.2) is 28.8 Å². The minimum Gasteiger partial charge on any atom is -0.348 e. The Bertz CT molecular complexity index is 746. The Labute approximate surface area is 134 Å². The molecule has 2 fully saturated rings. The van der Waals surface area contributed by atoms with Crippen molar-refractivity contribution in [1.29, 1.82) is 0 Å². The number of aryl methyl sites for hydroxylation is 1. The van der Waals surface area contributed by atoms with Gasteiger partial charge in [-0.05, 0) is 37.9 Å². The summed E-state index contributed by atoms with van der Waals surface area (Å²) in [7, 11) is 1.88. The molecule has 116 valence electrons. The summed E-state index contributed by atoms with van der Waals surface area (Å²) in [4.78, 5) is 12.4. The molecule has 1 amide bonds. The predicted molar refractivity (Wildman–Crippen MR) is 85.6 cm³/mol. The van der Waals surface area contributed by atoms with E-state index in [1.807, 2.05) is 32.2 Å². The van der Waals surface area contributed by atoms with Crippen LogP contribution in [0.2, 0.25) is 5.02 Å². The monoisotopic (exact) mass is 318 g/mol. The number of para-hydroxylation sites is 1. The zero-order valence-electron chi connectivity index (χ0n) is 12.6. The predicted octanol–water partition coefficient (Wildman–Crippen LogP) is 1.87. The molecule has 4 rings (SSSR count). The van der Waals surface area contributed by atoms with Crippen molar-refractivity contribution < 1.29 is 4.79 Å². The summed E-state index contributed by atoms with van der Waals surface area (Å²) >= 11 is 6.26. The summed E-state index contributed by atoms with van der Waals surface area (Å²) in [6.45, 7) is 3.93. The minimum absolute atomic E-state index is 0.121. The van der Waals surface area contributed by atoms with Crippen LogP contribution in [0, 0.1) is 17.8 Å². The first-order valence-electron chi connectivity index (χ1n) is 7.70. The molecule has 4 atom stereocenters. The molecular weight excluding hydrogens is 300 g/mol. The normalized spacial score (nSPS) is 27.7. The van der Waals surface area contributed by atoms with Gasteiger partial charge in [-0.3, -0.25) is 9.48 Å². The second-order valence-electron chi connectivity index (χ2n) is 6.39. The first-order chi connectivity index (χ1) is 10.6. The zero-order chi connectivity index (χ0) is 15.4. The second kappa shape index (κ2) is 4.96. The molecule has 22 heavy (non-hydrogen) atoms. The van der Waals surface area contributed by atoms with Crippen molar-refractivity contribution in [2.75, 3.05) is 13.1 Å². The molecule has 5 nitrogen and oxygen atoms in total. The van der Waals surface area contributed by atoms with Gasteiger partial charge in [-0.1, -0.05) is 23.7 Å². The fourth-order valence-electron chi connectivity index (χ4n) is 3.82. The quantitative estimate of drug-likeness (QED) is 0.908. The Hall–Kier alpha value is -1.59. The first kappa shape index (κ1) is 14.0. The van der Waals surface area contributed by atoms with Crippen molar-refractivity contribution in [3.05, 3.63) is 28.9 Å². The van der Waals surface area contributed by atoms with Gasteiger partial charge in [0, 0.05) is 18.4 Å². The van der Waals surface area contributed by atoms with Gasteiger partial charge in [0.05, 0.1) is 22.3 Å². The van der Waals surface area contributed by atoms with Gasteiger partial charge in [-0.2, -0.15) is 5.10 Å². The highest BCUT2D eigenvalue weighted by molar-refractivity contribution is 6.35. The largest absolute Gasteiger partial charge is 0.348 e. The number of rotatable bonds is 3. The molecule has 2 N–H and O–H groups in total. The van der Waals surface area contributed by atoms with E-state index in [9.17, 15) is 4.79 Å². The molecule has 2 aromatic rings. The Kier molecular flexibility index (Phi) is 3.16. The SMILES string of the molecule is CC(NC(=O)C1[C@H]2CNC[C@@H]12)c1nn(C)c2c(Cl)cccc12. The summed E-state index contributed by atoms with van der Waals surface area (Å²) < 4.78 is 1.78. The average molecular weight is 319 g/mol. The number of carbonyl (C=O) groups is 1. The number of piperidine rings is 1. The lowest BCUT2D eigenvalue weighted by atomic mass is 10.1. The van der Waals surface area contributed by atoms with Crippen LogP contribution in [0.3, 0.4) is 0 Å². The third-order valence-corrected chi connectivity index (χ3v) is 5.31. The molecule has 0 spiro atoms. The van der Waals surface area contributed by atoms with E-state index in [1.54, 1.807) is 4.68 Å². The highest BCUT2D eigenvalue weighted by Crippen LogP contribution is 2.48. The highest BCUT2D eigenvalue weighted by atomic mass is 35.5. The van der Waals surface area contributed by atoms with Gasteiger partial charge in [0.2, 0.25) is 5.91 Å². The van der Waals surface area contributed by atoms with Crippen LogP contribution in [-0.2, 0) is 11.8 Å². The minimum atomic E-state index is -0.121. The van der Waals surface area contributed by atoms with Crippen LogP contribution in [0.25, 0.3) is 10.9 Å². The number of carbonyl (C=O) groups excluding carboxylic acids is 1. The summed E-state index contributed by atoms with van der Waals surface area (Å²) in [6, 6.07) is 5.66. The Morgan fingerprint density at radius 2 is 2.18 bits per heavy atom. The van der Waals surface area contributed by atoms with E-state index in [-0.39, 0.29) is 17.9 Å². The third kappa shape index (κ3) is 2.03. The van der Waals surface area contributed by atoms with Crippen molar-refractivity contribution >= 4 is 28.4 Å². The smallest absolute Gasteiger partial charge is 0.224 e. The Morgan fingerprint density at radius 3 is 2.91 bits per heavy atom. The van der Waals surface area contributed by atoms with E-state index in [2.05, 4.69) is 15.7 Å². The number of aromatic nitrogens is 2. The Balaban J connectivity index is 1.57. The van der Waals surface area contributed by atoms with Crippen LogP contribution < -0.4 is 10.6 Å². The molecule has 1 saturated carbocycles. The van der Waals surface area contributed by atoms with Gasteiger partial charge in [-0.15, -0.1) is 0 Å². The maximum absolute atomic E-state index is 12.4. The van der Waals surface area contributed by atoms with E-state index in [4.69, 9.17) is 11.6 Å². The third-order valence-electron chi connectivity index (χ3n) is 5.01. The fourth-order valence-corrected chi connectivity index (χ4v) is 4.12. The van der Waals surface area contributed by atoms with Gasteiger partial charge in [-0.25, -0.2) is 0 Å². The molecule has 1 aliphatic heterocycles. The van der Waals surface area contributed by atoms with Crippen LogP contribution in [0.15, 0.2) is 18.2 Å². The van der Waals surface area contributed by atoms with Crippen LogP contribution >= 0.6 is 11.6 Å². The topological polar surface area (TPSA) is 59.0 Å². The second-order valence-corrected chi connectivity index (χ2v) is 6.79. The lowest BCUT2D eigenvalue weighted by Gasteiger charge is -2.13. The number of amides is 1. The molecule has 2 aliphatic rings. The van der Waals surface area contributed by atoms with E-state index in [0.717, 1.165) is 29.7 Å². The lowest BCUT2D eigenvalue weighted by Crippen LogP contribution is -2.32. The van der Waals surface area contributed by atoms with Crippen molar-refractivity contribution in [3.63, 3.8) is 0 Å². The number of nitrogens with one attached hydrogen (secondary N) is 2. The van der Waals surface area contributed by atoms with Gasteiger partial charge in [0.25, 0.3) is 0 Å². The van der Waals surface area contributed by atoms with Crippen LogP contribution in [0.5, 0.6) is 0 Å². The summed E-state index contributed by atoms with van der Waals surface area (Å²) in [5, 5.41) is 12.7. The Morgan fingerprint density at radius 1 is 1.45 bits per heavy atom. The molecule has 1 saturated heterocycles. The molecule has 0 bridgehead atoms. The highest BCUT2D eigenvalue weighted by Gasteiger charge is 2.56. The molecule has 1 aliphatic carbocycles. The molecule has 1 aromatic carbocycles. The van der Waals surface area contributed by atoms with E-state index in [1.165, 1.54) is 0 Å². The first-order valence-corrected chi connectivity index (χ1v) is 8.08. The van der Waals surface area contributed by atoms with Gasteiger partial charge < -0.3 is 10.6 Å². The number of benzene rings is 1. The van der Waals surface area contributed by atoms with Crippen LogP contribution in [0.1, 0.15) is 18.7 Å². The van der Waals surface area contributed by atoms with Crippen molar-refractivity contribution in [2.24, 2.45) is 24.8 Å². The van der Waals surface area contributed by atoms with Crippen molar-refractivity contribution in [3.8, 4) is 0 Å². The number of halogens is 1. The number of fused-ring (bicyclic) bond motifs is 2. The fraction of sp³-hybridized carbons (Fsp3) is 0.500. The van der Waals surface area contributed by atoms with E-state index in [0.29, 0.717) is 16.9 Å². The molecule has 2 heterocycles. The van der Waals surface area contributed by atoms with Gasteiger partial charge in [0.1, 0.15) is 0 Å². The van der Waals surface area contributed by atoms with Crippen molar-refractivity contribution in [1.82, 2.24) is 20.4 Å². The average Bonchev–Trinajstić information content (AvgIpc) is 2.82. The summed E-state index contributed by atoms with van der Waals surface area (Å²) in [5.41, 5.74) is 1.78. The maximum Gasteiger partial charge on any atom is 0.224 e. The summed E-state index contributed by atoms with van der Waals surface area (Å²) in [6.07, 6.45) is 0. The molecule has 6 heteroatoms. The zero-order valence-corrected chi connectivity index (χ0v) is 13.4. The lowest BCUT2D eigenvalue weighted by molar-refractivity contribution is -0.123. The number of hydrogen-bond acceptors (Lipinski definition) is 3. The van der Waals surface area contributed by atoms with Gasteiger partial charge >= 0.3 is 0 Å². The molecule has 1 aromatic heterocycles. The van der Waals surface area contributed by atoms with Crippen LogP contribution in [0.4, 0.5) is 0 Å². The number of hydrogen-bond donors (Lipinski definition) is 2. The van der Waals surface area contributed by atoms with E-state index >= 15 is 0 Å². The standard InChI is InChI=1S/C16H19ClN4O/c1-8(19-16(22)13-10-6-18-7-11(10)13)14-9-4-3-5-12(17)15(9)21(2)20-14/h3-5,8,10-11,13,18H,6-7H2,1-2H3,(H,19,22)/t8?,10-,11+,13?. The maximum atomic E-state index is 12.4. The van der Waals surface area contributed by atoms with E-state index < -0.39 is 0 Å². The number of nitrogens with zero attached hydrogens (tertiary/aromatic N) is 2. The molecule has 2 unspecified atom stereocenters. The van der Waals surface area contributed by atoms with Crippen molar-refractivity contribution in [2.45, 2.75) is 13.0 Å². The molecule has 0 radical (unpaired) electrons. The van der Waals surface area contributed by atoms with Gasteiger partial charge in [0.15, 0.2) is 0 Å². The summed E-state index contributed by atoms with van der Waals surface area (Å²) in [5.74, 6) is 1.40. The molecular formula is C16H19ClN4O.